The molecule has 0 saturated heterocycles. The van der Waals surface area contributed by atoms with Gasteiger partial charge in [0.15, 0.2) is 46.0 Å². The van der Waals surface area contributed by atoms with Crippen molar-refractivity contribution >= 4 is 23.5 Å². The summed E-state index contributed by atoms with van der Waals surface area (Å²) in [5.41, 5.74) is 7.39. The molecule has 0 unspecified atom stereocenters. The lowest BCUT2D eigenvalue weighted by molar-refractivity contribution is -0.973. The third-order valence-corrected chi connectivity index (χ3v) is 14.9. The molecule has 0 saturated carbocycles. The third kappa shape index (κ3) is 11.4. The van der Waals surface area contributed by atoms with E-state index in [-0.39, 0.29) is 55.1 Å². The molecule has 0 N–H and O–H groups in total. The van der Waals surface area contributed by atoms with Gasteiger partial charge in [-0.15, -0.1) is 0 Å². The molecule has 0 radical (unpaired) electrons. The Morgan fingerprint density at radius 3 is 1.65 bits per heavy atom. The molecule has 17 nitrogen and oxygen atoms in total. The van der Waals surface area contributed by atoms with Gasteiger partial charge in [0.1, 0.15) is 23.7 Å². The second kappa shape index (κ2) is 25.6. The Hall–Kier alpha value is -5.85. The van der Waals surface area contributed by atoms with Crippen molar-refractivity contribution in [1.29, 1.82) is 0 Å². The lowest BCUT2D eigenvalue weighted by Crippen LogP contribution is -3.00. The van der Waals surface area contributed by atoms with E-state index in [2.05, 4.69) is 7.05 Å². The van der Waals surface area contributed by atoms with E-state index in [1.807, 2.05) is 36.4 Å². The number of quaternary nitrogens is 2. The number of halogens is 3. The largest absolute Gasteiger partial charge is 1.00 e. The Morgan fingerprint density at radius 1 is 0.568 bits per heavy atom. The number of nitrogens with zero attached hydrogens (tertiary/aromatic N) is 2. The number of carbonyl (C=O) groups is 2. The molecule has 0 aliphatic carbocycles. The van der Waals surface area contributed by atoms with Gasteiger partial charge >= 0.3 is 11.9 Å². The van der Waals surface area contributed by atoms with Crippen LogP contribution in [0.3, 0.4) is 0 Å². The number of fused-ring (bicyclic) bond motifs is 5. The summed E-state index contributed by atoms with van der Waals surface area (Å²) < 4.78 is 76.4. The van der Waals surface area contributed by atoms with Crippen LogP contribution in [0, 0.1) is 0 Å². The summed E-state index contributed by atoms with van der Waals surface area (Å²) in [4.78, 5) is 26.4. The molecular formula is C54H69Cl3N2O15. The monoisotopic (exact) mass is 1090 g/mol. The van der Waals surface area contributed by atoms with Crippen molar-refractivity contribution in [3.63, 3.8) is 0 Å². The Kier molecular flexibility index (Phi) is 20.4. The van der Waals surface area contributed by atoms with Gasteiger partial charge in [0.25, 0.3) is 0 Å². The summed E-state index contributed by atoms with van der Waals surface area (Å²) >= 11 is 6.42. The lowest BCUT2D eigenvalue weighted by atomic mass is 9.80. The van der Waals surface area contributed by atoms with Crippen molar-refractivity contribution in [3.05, 3.63) is 86.5 Å². The van der Waals surface area contributed by atoms with Crippen molar-refractivity contribution in [2.45, 2.75) is 50.7 Å². The second-order valence-electron chi connectivity index (χ2n) is 18.2. The summed E-state index contributed by atoms with van der Waals surface area (Å²) in [6.45, 7) is 3.54. The Balaban J connectivity index is 0.00000507. The number of rotatable bonds is 22. The standard InChI is InChI=1S/C54H69ClN2O15.2ClH/c1-56(19-15-32-24-40(60-2)41(61-3)29-36(32)48(56)35-27-42(62-4)50(67-9)43(28-35)63-5)17-13-21-71-46(58)30-38(55)54(59)72-22-14-18-57-20-16-33-25-44(64-6)52(69-11)53(70-12)47(33)39(57)23-34-26-45(65-7)51(68-10)49(66-8)37(34)31-57;;/h24-30,39,48H,13-23,31H2,1-12H3;2*1H/q+2;;/p-2/b38-30-;;/t39-,48+,56+,57-;;/m1../s1. The number of carbonyl (C=O) groups excluding carboxylic acids is 2. The highest BCUT2D eigenvalue weighted by Gasteiger charge is 2.50. The molecule has 3 aliphatic heterocycles. The van der Waals surface area contributed by atoms with Gasteiger partial charge in [-0.2, -0.15) is 0 Å². The van der Waals surface area contributed by atoms with Crippen LogP contribution in [0.5, 0.6) is 63.2 Å². The molecule has 3 heterocycles. The molecule has 3 aliphatic rings. The number of ether oxygens (including phenoxy) is 13. The molecule has 74 heavy (non-hydrogen) atoms. The van der Waals surface area contributed by atoms with Crippen molar-refractivity contribution in [1.82, 2.24) is 0 Å². The van der Waals surface area contributed by atoms with E-state index in [1.54, 1.807) is 78.2 Å². The smallest absolute Gasteiger partial charge is 0.350 e. The van der Waals surface area contributed by atoms with E-state index < -0.39 is 11.9 Å². The van der Waals surface area contributed by atoms with Crippen LogP contribution >= 0.6 is 11.6 Å². The minimum Gasteiger partial charge on any atom is -1.00 e. The highest BCUT2D eigenvalue weighted by molar-refractivity contribution is 6.42. The van der Waals surface area contributed by atoms with Crippen LogP contribution in [-0.2, 0) is 44.9 Å². The minimum atomic E-state index is -0.819. The lowest BCUT2D eigenvalue weighted by Gasteiger charge is -2.52. The fraction of sp³-hybridized carbons (Fsp3) is 0.481. The zero-order valence-corrected chi connectivity index (χ0v) is 46.6. The van der Waals surface area contributed by atoms with E-state index in [4.69, 9.17) is 73.2 Å². The maximum Gasteiger partial charge on any atom is 0.350 e. The first kappa shape index (κ1) is 59.0. The highest BCUT2D eigenvalue weighted by atomic mass is 35.5. The number of methoxy groups -OCH3 is 11. The van der Waals surface area contributed by atoms with Crippen molar-refractivity contribution in [2.75, 3.05) is 125 Å². The molecule has 7 rings (SSSR count). The van der Waals surface area contributed by atoms with Crippen LogP contribution < -0.4 is 76.9 Å². The molecule has 4 atom stereocenters. The minimum absolute atomic E-state index is 0. The van der Waals surface area contributed by atoms with Crippen LogP contribution in [0.4, 0.5) is 0 Å². The predicted molar refractivity (Wildman–Crippen MR) is 268 cm³/mol. The number of hydrogen-bond acceptors (Lipinski definition) is 15. The predicted octanol–water partition coefficient (Wildman–Crippen LogP) is 1.74. The van der Waals surface area contributed by atoms with Gasteiger partial charge in [0, 0.05) is 49.3 Å². The van der Waals surface area contributed by atoms with Crippen molar-refractivity contribution in [3.8, 4) is 63.2 Å². The maximum atomic E-state index is 13.3. The van der Waals surface area contributed by atoms with Gasteiger partial charge in [-0.1, -0.05) is 11.6 Å². The molecule has 20 heteroatoms. The normalized spacial score (nSPS) is 19.2. The molecule has 0 spiro atoms. The number of benzene rings is 4. The van der Waals surface area contributed by atoms with Gasteiger partial charge in [-0.3, -0.25) is 0 Å². The fourth-order valence-corrected chi connectivity index (χ4v) is 11.4. The Labute approximate surface area is 451 Å². The quantitative estimate of drug-likeness (QED) is 0.0486. The highest BCUT2D eigenvalue weighted by Crippen LogP contribution is 2.56. The molecule has 0 aromatic heterocycles. The fourth-order valence-electron chi connectivity index (χ4n) is 11.3. The van der Waals surface area contributed by atoms with Crippen molar-refractivity contribution in [2.24, 2.45) is 0 Å². The van der Waals surface area contributed by atoms with E-state index >= 15 is 0 Å². The average Bonchev–Trinajstić information content (AvgIpc) is 3.40. The van der Waals surface area contributed by atoms with Crippen LogP contribution in [-0.4, -0.2) is 146 Å². The maximum absolute atomic E-state index is 13.3. The summed E-state index contributed by atoms with van der Waals surface area (Å²) in [7, 11) is 19.9. The Bertz CT molecular complexity index is 2660. The topological polar surface area (TPSA) is 154 Å². The SMILES string of the molecule is COc1cc2c(cc1OC)[C@H](c1cc(OC)c(OC)c(OC)c1)[N@@+](C)(CCCOC(=O)/C=C(\Cl)C(=O)OCCC[N@+]13CCc4cc(OC)c(OC)c(OC)c4[C@H]1Cc1cc(OC)c(OC)c(OC)c1C3)CC2.[Cl-].[Cl-]. The van der Waals surface area contributed by atoms with E-state index in [0.717, 1.165) is 71.0 Å². The van der Waals surface area contributed by atoms with E-state index in [0.29, 0.717) is 111 Å². The zero-order valence-electron chi connectivity index (χ0n) is 44.3. The molecular weight excluding hydrogens is 1020 g/mol. The van der Waals surface area contributed by atoms with E-state index in [1.165, 1.54) is 0 Å². The third-order valence-electron chi connectivity index (χ3n) is 14.6. The van der Waals surface area contributed by atoms with Gasteiger partial charge in [-0.05, 0) is 53.1 Å². The second-order valence-corrected chi connectivity index (χ2v) is 18.6. The van der Waals surface area contributed by atoms with Gasteiger partial charge in [-0.25, -0.2) is 9.59 Å². The van der Waals surface area contributed by atoms with E-state index in [9.17, 15) is 9.59 Å². The summed E-state index contributed by atoms with van der Waals surface area (Å²) in [5.74, 6) is 4.75. The molecule has 0 bridgehead atoms. The first-order valence-corrected chi connectivity index (χ1v) is 24.2. The first-order valence-electron chi connectivity index (χ1n) is 23.8. The summed E-state index contributed by atoms with van der Waals surface area (Å²) in [6.07, 6.45) is 4.11. The van der Waals surface area contributed by atoms with Crippen LogP contribution in [0.15, 0.2) is 47.5 Å². The molecule has 4 aromatic rings. The molecule has 406 valence electrons. The van der Waals surface area contributed by atoms with Crippen LogP contribution in [0.25, 0.3) is 0 Å². The average molecular weight is 1090 g/mol. The number of hydrogen-bond donors (Lipinski definition) is 0. The van der Waals surface area contributed by atoms with Crippen LogP contribution in [0.2, 0.25) is 0 Å². The molecule has 0 fully saturated rings. The van der Waals surface area contributed by atoms with Gasteiger partial charge in [0.05, 0.1) is 136 Å². The molecule has 4 aromatic carbocycles. The zero-order chi connectivity index (χ0) is 51.9. The first-order chi connectivity index (χ1) is 34.8. The Morgan fingerprint density at radius 2 is 1.07 bits per heavy atom. The molecule has 0 amide bonds. The summed E-state index contributed by atoms with van der Waals surface area (Å²) in [6, 6.07) is 11.8. The summed E-state index contributed by atoms with van der Waals surface area (Å²) in [5, 5.41) is -0.376. The van der Waals surface area contributed by atoms with Crippen molar-refractivity contribution < 1.29 is 105 Å². The number of esters is 2. The van der Waals surface area contributed by atoms with Crippen LogP contribution in [0.1, 0.15) is 63.9 Å². The van der Waals surface area contributed by atoms with Gasteiger partial charge in [0.2, 0.25) is 17.2 Å². The van der Waals surface area contributed by atoms with Gasteiger partial charge < -0.3 is 95.4 Å². The number of likely N-dealkylation sites (N-methyl/N-ethyl adjacent to an activating group) is 1.